The van der Waals surface area contributed by atoms with Crippen LogP contribution in [0.3, 0.4) is 0 Å². The van der Waals surface area contributed by atoms with Crippen molar-refractivity contribution in [1.29, 1.82) is 0 Å². The molecular formula is C21H24N2O3. The Balaban J connectivity index is 1.64. The first kappa shape index (κ1) is 18.0. The Morgan fingerprint density at radius 1 is 1.12 bits per heavy atom. The summed E-state index contributed by atoms with van der Waals surface area (Å²) in [5, 5.41) is 3.10. The lowest BCUT2D eigenvalue weighted by molar-refractivity contribution is -0.122. The number of benzene rings is 2. The van der Waals surface area contributed by atoms with Gasteiger partial charge in [-0.1, -0.05) is 56.3 Å². The molecule has 1 aliphatic heterocycles. The van der Waals surface area contributed by atoms with E-state index in [4.69, 9.17) is 4.74 Å². The maximum absolute atomic E-state index is 12.5. The Kier molecular flexibility index (Phi) is 5.56. The molecule has 0 bridgehead atoms. The molecule has 1 N–H and O–H groups in total. The van der Waals surface area contributed by atoms with Crippen LogP contribution in [0.4, 0.5) is 5.69 Å². The van der Waals surface area contributed by atoms with E-state index in [0.29, 0.717) is 12.3 Å². The van der Waals surface area contributed by atoms with Gasteiger partial charge < -0.3 is 15.0 Å². The Bertz CT molecular complexity index is 774. The molecule has 0 unspecified atom stereocenters. The summed E-state index contributed by atoms with van der Waals surface area (Å²) >= 11 is 0. The van der Waals surface area contributed by atoms with Gasteiger partial charge in [0.05, 0.1) is 11.7 Å². The quantitative estimate of drug-likeness (QED) is 0.868. The second-order valence-electron chi connectivity index (χ2n) is 6.75. The van der Waals surface area contributed by atoms with Crippen LogP contribution in [0.25, 0.3) is 0 Å². The predicted molar refractivity (Wildman–Crippen MR) is 101 cm³/mol. The van der Waals surface area contributed by atoms with E-state index in [1.807, 2.05) is 54.6 Å². The molecule has 2 aromatic carbocycles. The number of carbonyl (C=O) groups is 2. The second kappa shape index (κ2) is 8.04. The van der Waals surface area contributed by atoms with Crippen molar-refractivity contribution in [3.8, 4) is 5.75 Å². The van der Waals surface area contributed by atoms with Crippen LogP contribution in [0.1, 0.15) is 31.9 Å². The van der Waals surface area contributed by atoms with Crippen molar-refractivity contribution in [1.82, 2.24) is 5.32 Å². The van der Waals surface area contributed by atoms with E-state index in [1.165, 1.54) is 0 Å². The fourth-order valence-electron chi connectivity index (χ4n) is 3.15. The summed E-state index contributed by atoms with van der Waals surface area (Å²) < 4.78 is 5.43. The number of nitrogens with zero attached hydrogens (tertiary/aromatic N) is 1. The molecule has 0 fully saturated rings. The highest BCUT2D eigenvalue weighted by atomic mass is 16.5. The molecule has 0 aromatic heterocycles. The molecule has 5 heteroatoms. The highest BCUT2D eigenvalue weighted by Crippen LogP contribution is 2.31. The lowest BCUT2D eigenvalue weighted by atomic mass is 9.96. The molecule has 0 spiro atoms. The number of para-hydroxylation sites is 2. The monoisotopic (exact) mass is 352 g/mol. The third-order valence-electron chi connectivity index (χ3n) is 4.51. The lowest BCUT2D eigenvalue weighted by Gasteiger charge is -2.29. The summed E-state index contributed by atoms with van der Waals surface area (Å²) in [4.78, 5) is 26.3. The third kappa shape index (κ3) is 4.04. The maximum Gasteiger partial charge on any atom is 0.265 e. The van der Waals surface area contributed by atoms with Crippen molar-refractivity contribution in [2.24, 2.45) is 5.92 Å². The number of anilines is 1. The summed E-state index contributed by atoms with van der Waals surface area (Å²) in [6.45, 7) is 4.52. The molecule has 1 aliphatic rings. The number of ether oxygens (including phenoxy) is 1. The van der Waals surface area contributed by atoms with Gasteiger partial charge in [-0.25, -0.2) is 0 Å². The smallest absolute Gasteiger partial charge is 0.265 e. The normalized spacial score (nSPS) is 14.6. The zero-order valence-corrected chi connectivity index (χ0v) is 15.1. The van der Waals surface area contributed by atoms with Crippen LogP contribution < -0.4 is 15.0 Å². The molecule has 0 aliphatic carbocycles. The first-order valence-corrected chi connectivity index (χ1v) is 8.93. The number of hydrogen-bond donors (Lipinski definition) is 1. The number of fused-ring (bicyclic) bond motifs is 1. The Hall–Kier alpha value is -2.82. The van der Waals surface area contributed by atoms with E-state index >= 15 is 0 Å². The minimum Gasteiger partial charge on any atom is -0.482 e. The minimum absolute atomic E-state index is 0.0112. The van der Waals surface area contributed by atoms with Gasteiger partial charge in [0.15, 0.2) is 6.61 Å². The summed E-state index contributed by atoms with van der Waals surface area (Å²) in [5.74, 6) is 0.758. The average Bonchev–Trinajstić information content (AvgIpc) is 2.65. The van der Waals surface area contributed by atoms with Gasteiger partial charge in [-0.3, -0.25) is 9.59 Å². The topological polar surface area (TPSA) is 58.6 Å². The van der Waals surface area contributed by atoms with Gasteiger partial charge >= 0.3 is 0 Å². The molecule has 1 atom stereocenters. The zero-order chi connectivity index (χ0) is 18.5. The van der Waals surface area contributed by atoms with Gasteiger partial charge in [0.1, 0.15) is 5.75 Å². The number of carbonyl (C=O) groups excluding carboxylic acids is 2. The largest absolute Gasteiger partial charge is 0.482 e. The molecular weight excluding hydrogens is 328 g/mol. The van der Waals surface area contributed by atoms with E-state index in [1.54, 1.807) is 4.90 Å². The van der Waals surface area contributed by atoms with Crippen LogP contribution in [0, 0.1) is 5.92 Å². The van der Waals surface area contributed by atoms with E-state index in [-0.39, 0.29) is 36.8 Å². The number of nitrogens with one attached hydrogen (secondary N) is 1. The van der Waals surface area contributed by atoms with E-state index in [0.717, 1.165) is 11.3 Å². The fraction of sp³-hybridized carbons (Fsp3) is 0.333. The molecule has 2 aromatic rings. The summed E-state index contributed by atoms with van der Waals surface area (Å²) in [6.07, 6.45) is 0.246. The number of amides is 2. The number of rotatable bonds is 6. The molecule has 1 heterocycles. The van der Waals surface area contributed by atoms with Gasteiger partial charge in [0.2, 0.25) is 5.91 Å². The standard InChI is InChI=1S/C21H24N2O3/c1-15(2)21(16-8-4-3-5-9-16)22-19(24)12-13-23-17-10-6-7-11-18(17)26-14-20(23)25/h3-11,15,21H,12-14H2,1-2H3,(H,22,24)/t21-/m1/s1. The third-order valence-corrected chi connectivity index (χ3v) is 4.51. The van der Waals surface area contributed by atoms with Gasteiger partial charge in [-0.2, -0.15) is 0 Å². The Labute approximate surface area is 154 Å². The molecule has 3 rings (SSSR count). The average molecular weight is 352 g/mol. The van der Waals surface area contributed by atoms with Crippen LogP contribution >= 0.6 is 0 Å². The highest BCUT2D eigenvalue weighted by Gasteiger charge is 2.26. The van der Waals surface area contributed by atoms with Crippen LogP contribution in [0.5, 0.6) is 5.75 Å². The van der Waals surface area contributed by atoms with Crippen LogP contribution in [0.15, 0.2) is 54.6 Å². The zero-order valence-electron chi connectivity index (χ0n) is 15.1. The van der Waals surface area contributed by atoms with Crippen molar-refractivity contribution in [2.45, 2.75) is 26.3 Å². The molecule has 0 saturated heterocycles. The first-order valence-electron chi connectivity index (χ1n) is 8.93. The van der Waals surface area contributed by atoms with Crippen molar-refractivity contribution < 1.29 is 14.3 Å². The van der Waals surface area contributed by atoms with Crippen molar-refractivity contribution in [3.05, 3.63) is 60.2 Å². The van der Waals surface area contributed by atoms with Gasteiger partial charge in [0.25, 0.3) is 5.91 Å². The maximum atomic E-state index is 12.5. The SMILES string of the molecule is CC(C)[C@@H](NC(=O)CCN1C(=O)COc2ccccc21)c1ccccc1. The van der Waals surface area contributed by atoms with Crippen molar-refractivity contribution >= 4 is 17.5 Å². The summed E-state index contributed by atoms with van der Waals surface area (Å²) in [7, 11) is 0. The van der Waals surface area contributed by atoms with Crippen LogP contribution in [-0.2, 0) is 9.59 Å². The number of hydrogen-bond acceptors (Lipinski definition) is 3. The predicted octanol–water partition coefficient (Wildman–Crippen LogP) is 3.32. The Morgan fingerprint density at radius 2 is 1.81 bits per heavy atom. The molecule has 2 amide bonds. The minimum atomic E-state index is -0.125. The van der Waals surface area contributed by atoms with E-state index < -0.39 is 0 Å². The van der Waals surface area contributed by atoms with Crippen molar-refractivity contribution in [2.75, 3.05) is 18.1 Å². The van der Waals surface area contributed by atoms with Gasteiger partial charge in [-0.05, 0) is 23.6 Å². The van der Waals surface area contributed by atoms with E-state index in [2.05, 4.69) is 19.2 Å². The Morgan fingerprint density at radius 3 is 2.54 bits per heavy atom. The van der Waals surface area contributed by atoms with E-state index in [9.17, 15) is 9.59 Å². The highest BCUT2D eigenvalue weighted by molar-refractivity contribution is 5.98. The summed E-state index contributed by atoms with van der Waals surface area (Å²) in [5.41, 5.74) is 1.81. The summed E-state index contributed by atoms with van der Waals surface area (Å²) in [6, 6.07) is 17.3. The van der Waals surface area contributed by atoms with Crippen LogP contribution in [-0.4, -0.2) is 25.0 Å². The van der Waals surface area contributed by atoms with Gasteiger partial charge in [-0.15, -0.1) is 0 Å². The van der Waals surface area contributed by atoms with Crippen LogP contribution in [0.2, 0.25) is 0 Å². The molecule has 0 radical (unpaired) electrons. The van der Waals surface area contributed by atoms with Gasteiger partial charge in [0, 0.05) is 13.0 Å². The molecule has 26 heavy (non-hydrogen) atoms. The lowest BCUT2D eigenvalue weighted by Crippen LogP contribution is -2.41. The molecule has 5 nitrogen and oxygen atoms in total. The molecule has 136 valence electrons. The second-order valence-corrected chi connectivity index (χ2v) is 6.75. The van der Waals surface area contributed by atoms with Crippen molar-refractivity contribution in [3.63, 3.8) is 0 Å². The molecule has 0 saturated carbocycles. The fourth-order valence-corrected chi connectivity index (χ4v) is 3.15. The first-order chi connectivity index (χ1) is 12.6.